The van der Waals surface area contributed by atoms with Gasteiger partial charge in [0.1, 0.15) is 4.60 Å². The van der Waals surface area contributed by atoms with Gasteiger partial charge in [-0.1, -0.05) is 0 Å². The lowest BCUT2D eigenvalue weighted by Crippen LogP contribution is -2.37. The molecule has 0 saturated heterocycles. The van der Waals surface area contributed by atoms with Crippen LogP contribution in [0.2, 0.25) is 0 Å². The van der Waals surface area contributed by atoms with Crippen molar-refractivity contribution in [2.75, 3.05) is 18.0 Å². The van der Waals surface area contributed by atoms with Gasteiger partial charge in [0.05, 0.1) is 11.9 Å². The number of nitrogens with zero attached hydrogens (tertiary/aromatic N) is 2. The lowest BCUT2D eigenvalue weighted by molar-refractivity contribution is -0.107. The van der Waals surface area contributed by atoms with E-state index in [0.717, 1.165) is 19.3 Å². The van der Waals surface area contributed by atoms with Crippen LogP contribution in [0.3, 0.4) is 0 Å². The molecule has 1 aliphatic rings. The zero-order valence-corrected chi connectivity index (χ0v) is 11.8. The number of carboxylic acid groups (broad SMARTS) is 1. The van der Waals surface area contributed by atoms with E-state index in [0.29, 0.717) is 23.4 Å². The lowest BCUT2D eigenvalue weighted by Gasteiger charge is -2.23. The number of anilines is 1. The number of hydrogen-bond acceptors (Lipinski definition) is 3. The van der Waals surface area contributed by atoms with Crippen LogP contribution in [0.4, 0.5) is 10.5 Å². The van der Waals surface area contributed by atoms with Crippen LogP contribution < -0.4 is 10.2 Å². The summed E-state index contributed by atoms with van der Waals surface area (Å²) in [7, 11) is 0. The van der Waals surface area contributed by atoms with Crippen LogP contribution in [-0.2, 0) is 4.79 Å². The Bertz CT molecular complexity index is 474. The van der Waals surface area contributed by atoms with Gasteiger partial charge >= 0.3 is 6.09 Å². The number of amides is 2. The number of nitrogens with one attached hydrogen (secondary N) is 1. The van der Waals surface area contributed by atoms with Crippen molar-refractivity contribution < 1.29 is 14.7 Å². The second-order valence-corrected chi connectivity index (χ2v) is 5.54. The van der Waals surface area contributed by atoms with E-state index < -0.39 is 6.09 Å². The molecule has 1 saturated carbocycles. The number of carbonyl (C=O) groups is 2. The SMILES string of the molecule is O=CN(CC1(CNC(=O)O)CC1)c1ccc(Br)nc1. The molecule has 0 aliphatic heterocycles. The fourth-order valence-electron chi connectivity index (χ4n) is 1.92. The molecular weight excluding hydrogens is 314 g/mol. The molecule has 1 heterocycles. The average molecular weight is 328 g/mol. The Morgan fingerprint density at radius 1 is 1.58 bits per heavy atom. The van der Waals surface area contributed by atoms with Gasteiger partial charge in [-0.25, -0.2) is 9.78 Å². The van der Waals surface area contributed by atoms with Crippen LogP contribution in [0, 0.1) is 5.41 Å². The van der Waals surface area contributed by atoms with Crippen molar-refractivity contribution >= 4 is 34.1 Å². The van der Waals surface area contributed by atoms with Gasteiger partial charge in [0, 0.05) is 18.5 Å². The molecule has 6 nitrogen and oxygen atoms in total. The number of carbonyl (C=O) groups excluding carboxylic acids is 1. The van der Waals surface area contributed by atoms with Gasteiger partial charge in [0.15, 0.2) is 0 Å². The first-order valence-electron chi connectivity index (χ1n) is 5.85. The molecule has 7 heteroatoms. The van der Waals surface area contributed by atoms with Gasteiger partial charge < -0.3 is 15.3 Å². The third-order valence-corrected chi connectivity index (χ3v) is 3.72. The molecule has 0 atom stereocenters. The van der Waals surface area contributed by atoms with E-state index in [9.17, 15) is 9.59 Å². The molecule has 0 aromatic carbocycles. The summed E-state index contributed by atoms with van der Waals surface area (Å²) in [5.74, 6) is 0. The largest absolute Gasteiger partial charge is 0.465 e. The monoisotopic (exact) mass is 327 g/mol. The second-order valence-electron chi connectivity index (χ2n) is 4.73. The van der Waals surface area contributed by atoms with Crippen molar-refractivity contribution in [1.82, 2.24) is 10.3 Å². The maximum Gasteiger partial charge on any atom is 0.404 e. The Balaban J connectivity index is 2.01. The second kappa shape index (κ2) is 5.56. The van der Waals surface area contributed by atoms with Crippen LogP contribution in [0.1, 0.15) is 12.8 Å². The Kier molecular flexibility index (Phi) is 4.04. The van der Waals surface area contributed by atoms with Crippen LogP contribution >= 0.6 is 15.9 Å². The van der Waals surface area contributed by atoms with Gasteiger partial charge in [-0.15, -0.1) is 0 Å². The van der Waals surface area contributed by atoms with Gasteiger partial charge in [-0.05, 0) is 40.9 Å². The van der Waals surface area contributed by atoms with E-state index in [1.54, 1.807) is 23.2 Å². The molecule has 19 heavy (non-hydrogen) atoms. The Morgan fingerprint density at radius 2 is 2.32 bits per heavy atom. The summed E-state index contributed by atoms with van der Waals surface area (Å²) in [6.07, 6.45) is 3.17. The van der Waals surface area contributed by atoms with Gasteiger partial charge in [-0.3, -0.25) is 4.79 Å². The summed E-state index contributed by atoms with van der Waals surface area (Å²) in [5, 5.41) is 11.0. The van der Waals surface area contributed by atoms with Crippen molar-refractivity contribution in [1.29, 1.82) is 0 Å². The van der Waals surface area contributed by atoms with E-state index >= 15 is 0 Å². The van der Waals surface area contributed by atoms with E-state index in [1.807, 2.05) is 0 Å². The number of aromatic nitrogens is 1. The maximum atomic E-state index is 11.2. The quantitative estimate of drug-likeness (QED) is 0.617. The molecule has 2 rings (SSSR count). The molecule has 102 valence electrons. The first kappa shape index (κ1) is 13.8. The molecule has 2 amide bonds. The summed E-state index contributed by atoms with van der Waals surface area (Å²) in [6.45, 7) is 0.872. The summed E-state index contributed by atoms with van der Waals surface area (Å²) >= 11 is 3.24. The fraction of sp³-hybridized carbons (Fsp3) is 0.417. The summed E-state index contributed by atoms with van der Waals surface area (Å²) in [5.41, 5.74) is 0.576. The molecule has 0 radical (unpaired) electrons. The van der Waals surface area contributed by atoms with Crippen LogP contribution in [0.25, 0.3) is 0 Å². The van der Waals surface area contributed by atoms with Gasteiger partial charge in [-0.2, -0.15) is 0 Å². The molecular formula is C12H14BrN3O3. The normalized spacial score (nSPS) is 15.6. The van der Waals surface area contributed by atoms with Crippen molar-refractivity contribution in [3.8, 4) is 0 Å². The van der Waals surface area contributed by atoms with Crippen molar-refractivity contribution in [3.63, 3.8) is 0 Å². The average Bonchev–Trinajstić information content (AvgIpc) is 3.15. The minimum atomic E-state index is -1.03. The molecule has 1 aromatic heterocycles. The highest BCUT2D eigenvalue weighted by molar-refractivity contribution is 9.10. The lowest BCUT2D eigenvalue weighted by atomic mass is 10.1. The molecule has 0 unspecified atom stereocenters. The predicted molar refractivity (Wildman–Crippen MR) is 73.0 cm³/mol. The van der Waals surface area contributed by atoms with Crippen molar-refractivity contribution in [2.45, 2.75) is 12.8 Å². The first-order chi connectivity index (χ1) is 9.04. The summed E-state index contributed by atoms with van der Waals surface area (Å²) in [4.78, 5) is 27.4. The van der Waals surface area contributed by atoms with Crippen molar-refractivity contribution in [3.05, 3.63) is 22.9 Å². The van der Waals surface area contributed by atoms with E-state index in [4.69, 9.17) is 5.11 Å². The highest BCUT2D eigenvalue weighted by Gasteiger charge is 2.44. The van der Waals surface area contributed by atoms with E-state index in [-0.39, 0.29) is 5.41 Å². The van der Waals surface area contributed by atoms with E-state index in [2.05, 4.69) is 26.2 Å². The number of hydrogen-bond donors (Lipinski definition) is 2. The zero-order valence-electron chi connectivity index (χ0n) is 10.2. The van der Waals surface area contributed by atoms with Crippen LogP contribution in [-0.4, -0.2) is 35.7 Å². The molecule has 0 spiro atoms. The molecule has 1 aliphatic carbocycles. The molecule has 1 aromatic rings. The molecule has 2 N–H and O–H groups in total. The standard InChI is InChI=1S/C12H14BrN3O3/c13-10-2-1-9(5-14-10)16(8-17)7-12(3-4-12)6-15-11(18)19/h1-2,5,8,15H,3-4,6-7H2,(H,18,19). The predicted octanol–water partition coefficient (Wildman–Crippen LogP) is 1.85. The van der Waals surface area contributed by atoms with E-state index in [1.165, 1.54) is 0 Å². The minimum Gasteiger partial charge on any atom is -0.465 e. The maximum absolute atomic E-state index is 11.2. The van der Waals surface area contributed by atoms with Crippen molar-refractivity contribution in [2.24, 2.45) is 5.41 Å². The van der Waals surface area contributed by atoms with Gasteiger partial charge in [0.2, 0.25) is 6.41 Å². The highest BCUT2D eigenvalue weighted by atomic mass is 79.9. The molecule has 0 bridgehead atoms. The smallest absolute Gasteiger partial charge is 0.404 e. The highest BCUT2D eigenvalue weighted by Crippen LogP contribution is 2.46. The fourth-order valence-corrected chi connectivity index (χ4v) is 2.15. The summed E-state index contributed by atoms with van der Waals surface area (Å²) < 4.78 is 0.704. The Morgan fingerprint density at radius 3 is 2.79 bits per heavy atom. The molecule has 1 fully saturated rings. The topological polar surface area (TPSA) is 82.5 Å². The Labute approximate surface area is 118 Å². The van der Waals surface area contributed by atoms with Crippen LogP contribution in [0.15, 0.2) is 22.9 Å². The minimum absolute atomic E-state index is 0.133. The third-order valence-electron chi connectivity index (χ3n) is 3.25. The number of halogens is 1. The third kappa shape index (κ3) is 3.66. The van der Waals surface area contributed by atoms with Gasteiger partial charge in [0.25, 0.3) is 0 Å². The van der Waals surface area contributed by atoms with Crippen LogP contribution in [0.5, 0.6) is 0 Å². The summed E-state index contributed by atoms with van der Waals surface area (Å²) in [6, 6.07) is 3.56. The number of pyridine rings is 1. The number of rotatable bonds is 6. The Hall–Kier alpha value is -1.63. The zero-order chi connectivity index (χ0) is 13.9. The first-order valence-corrected chi connectivity index (χ1v) is 6.64.